The lowest BCUT2D eigenvalue weighted by molar-refractivity contribution is 0.670. The van der Waals surface area contributed by atoms with E-state index in [0.717, 1.165) is 50.4 Å². The van der Waals surface area contributed by atoms with Gasteiger partial charge in [-0.1, -0.05) is 121 Å². The van der Waals surface area contributed by atoms with Gasteiger partial charge in [-0.15, -0.1) is 0 Å². The lowest BCUT2D eigenvalue weighted by Crippen LogP contribution is -2.10. The number of para-hydroxylation sites is 4. The van der Waals surface area contributed by atoms with Crippen LogP contribution in [0.1, 0.15) is 0 Å². The van der Waals surface area contributed by atoms with Gasteiger partial charge in [-0.2, -0.15) is 0 Å². The van der Waals surface area contributed by atoms with Crippen molar-refractivity contribution in [1.82, 2.24) is 4.57 Å². The van der Waals surface area contributed by atoms with Gasteiger partial charge in [0, 0.05) is 49.9 Å². The summed E-state index contributed by atoms with van der Waals surface area (Å²) in [6.45, 7) is 0. The van der Waals surface area contributed by atoms with Crippen molar-refractivity contribution in [2.24, 2.45) is 0 Å². The van der Waals surface area contributed by atoms with Gasteiger partial charge in [-0.25, -0.2) is 0 Å². The highest BCUT2D eigenvalue weighted by atomic mass is 16.3. The molecule has 8 aromatic carbocycles. The largest absolute Gasteiger partial charge is 0.455 e. The second-order valence-electron chi connectivity index (χ2n) is 12.6. The monoisotopic (exact) mass is 626 g/mol. The maximum absolute atomic E-state index is 6.56. The van der Waals surface area contributed by atoms with Gasteiger partial charge in [0.15, 0.2) is 0 Å². The van der Waals surface area contributed by atoms with Crippen molar-refractivity contribution < 1.29 is 4.42 Å². The molecule has 0 atom stereocenters. The summed E-state index contributed by atoms with van der Waals surface area (Å²) in [4.78, 5) is 2.34. The SMILES string of the molecule is c1ccc(N(c2ccc(-c3cccc4c3oc3ccc5ccccc5c34)cc2)c2ccc3c4ccccc4n(-c4ccccc4)c3c2)cc1. The van der Waals surface area contributed by atoms with Crippen LogP contribution in [0.4, 0.5) is 17.1 Å². The maximum atomic E-state index is 6.56. The first-order chi connectivity index (χ1) is 24.3. The topological polar surface area (TPSA) is 21.3 Å². The van der Waals surface area contributed by atoms with Gasteiger partial charge < -0.3 is 13.9 Å². The van der Waals surface area contributed by atoms with Crippen molar-refractivity contribution in [2.75, 3.05) is 4.90 Å². The summed E-state index contributed by atoms with van der Waals surface area (Å²) < 4.78 is 8.94. The summed E-state index contributed by atoms with van der Waals surface area (Å²) >= 11 is 0. The Morgan fingerprint density at radius 1 is 0.429 bits per heavy atom. The molecule has 2 heterocycles. The van der Waals surface area contributed by atoms with E-state index in [9.17, 15) is 0 Å². The second-order valence-corrected chi connectivity index (χ2v) is 12.6. The van der Waals surface area contributed by atoms with Gasteiger partial charge in [0.25, 0.3) is 0 Å². The van der Waals surface area contributed by atoms with Crippen molar-refractivity contribution in [1.29, 1.82) is 0 Å². The zero-order valence-corrected chi connectivity index (χ0v) is 26.6. The molecule has 0 bridgehead atoms. The molecule has 10 rings (SSSR count). The molecule has 0 aliphatic rings. The van der Waals surface area contributed by atoms with E-state index in [-0.39, 0.29) is 0 Å². The average Bonchev–Trinajstić information content (AvgIpc) is 3.72. The van der Waals surface area contributed by atoms with Crippen LogP contribution in [0.3, 0.4) is 0 Å². The lowest BCUT2D eigenvalue weighted by atomic mass is 9.99. The summed E-state index contributed by atoms with van der Waals surface area (Å²) in [7, 11) is 0. The predicted molar refractivity (Wildman–Crippen MR) is 206 cm³/mol. The quantitative estimate of drug-likeness (QED) is 0.190. The number of rotatable bonds is 5. The summed E-state index contributed by atoms with van der Waals surface area (Å²) in [6, 6.07) is 64.8. The zero-order chi connectivity index (χ0) is 32.3. The molecule has 0 aliphatic heterocycles. The molecule has 3 heteroatoms. The molecule has 10 aromatic rings. The van der Waals surface area contributed by atoms with E-state index in [2.05, 4.69) is 191 Å². The zero-order valence-electron chi connectivity index (χ0n) is 26.6. The summed E-state index contributed by atoms with van der Waals surface area (Å²) in [5.74, 6) is 0. The lowest BCUT2D eigenvalue weighted by Gasteiger charge is -2.26. The number of fused-ring (bicyclic) bond motifs is 8. The Kier molecular flexibility index (Phi) is 6.18. The normalized spacial score (nSPS) is 11.7. The molecular formula is C46H30N2O. The molecule has 0 radical (unpaired) electrons. The van der Waals surface area contributed by atoms with Crippen LogP contribution in [0.5, 0.6) is 0 Å². The molecule has 3 nitrogen and oxygen atoms in total. The van der Waals surface area contributed by atoms with Gasteiger partial charge in [-0.3, -0.25) is 0 Å². The van der Waals surface area contributed by atoms with Crippen LogP contribution in [0, 0.1) is 0 Å². The molecule has 0 saturated heterocycles. The Labute approximate surface area is 283 Å². The Hall–Kier alpha value is -6.58. The fraction of sp³-hybridized carbons (Fsp3) is 0. The van der Waals surface area contributed by atoms with Gasteiger partial charge in [-0.05, 0) is 77.0 Å². The van der Waals surface area contributed by atoms with Crippen molar-refractivity contribution in [3.63, 3.8) is 0 Å². The van der Waals surface area contributed by atoms with Crippen LogP contribution in [0.2, 0.25) is 0 Å². The van der Waals surface area contributed by atoms with E-state index in [0.29, 0.717) is 0 Å². The highest BCUT2D eigenvalue weighted by Crippen LogP contribution is 2.42. The van der Waals surface area contributed by atoms with E-state index in [1.165, 1.54) is 38.0 Å². The molecule has 2 aromatic heterocycles. The minimum atomic E-state index is 0.913. The van der Waals surface area contributed by atoms with E-state index >= 15 is 0 Å². The molecule has 0 N–H and O–H groups in total. The fourth-order valence-electron chi connectivity index (χ4n) is 7.56. The van der Waals surface area contributed by atoms with Crippen molar-refractivity contribution in [2.45, 2.75) is 0 Å². The molecule has 0 unspecified atom stereocenters. The number of benzene rings is 8. The molecule has 0 aliphatic carbocycles. The second kappa shape index (κ2) is 11.0. The molecule has 0 saturated carbocycles. The van der Waals surface area contributed by atoms with E-state index in [1.807, 2.05) is 0 Å². The molecule has 49 heavy (non-hydrogen) atoms. The standard InChI is InChI=1S/C46H30N2O/c1-3-13-33(14-4-1)47(36-27-28-40-39-18-9-10-21-42(39)48(43(40)30-36)34-15-5-2-6-16-34)35-25-22-32(23-26-35)38-19-11-20-41-45-37-17-8-7-12-31(37)24-29-44(45)49-46(38)41/h1-30H. The Bertz CT molecular complexity index is 2810. The molecular weight excluding hydrogens is 597 g/mol. The van der Waals surface area contributed by atoms with Gasteiger partial charge in [0.2, 0.25) is 0 Å². The fourth-order valence-corrected chi connectivity index (χ4v) is 7.56. The minimum Gasteiger partial charge on any atom is -0.455 e. The number of anilines is 3. The van der Waals surface area contributed by atoms with Gasteiger partial charge in [0.05, 0.1) is 11.0 Å². The molecule has 0 amide bonds. The third-order valence-corrected chi connectivity index (χ3v) is 9.77. The molecule has 230 valence electrons. The van der Waals surface area contributed by atoms with Crippen LogP contribution in [-0.4, -0.2) is 4.57 Å². The first-order valence-electron chi connectivity index (χ1n) is 16.7. The third-order valence-electron chi connectivity index (χ3n) is 9.77. The highest BCUT2D eigenvalue weighted by molar-refractivity contribution is 6.20. The number of nitrogens with zero attached hydrogens (tertiary/aromatic N) is 2. The summed E-state index contributed by atoms with van der Waals surface area (Å²) in [6.07, 6.45) is 0. The number of aromatic nitrogens is 1. The first kappa shape index (κ1) is 27.5. The smallest absolute Gasteiger partial charge is 0.143 e. The van der Waals surface area contributed by atoms with Crippen LogP contribution in [0.15, 0.2) is 186 Å². The minimum absolute atomic E-state index is 0.913. The van der Waals surface area contributed by atoms with E-state index in [1.54, 1.807) is 0 Å². The van der Waals surface area contributed by atoms with Crippen LogP contribution in [-0.2, 0) is 0 Å². The van der Waals surface area contributed by atoms with Crippen LogP contribution < -0.4 is 4.90 Å². The van der Waals surface area contributed by atoms with Gasteiger partial charge >= 0.3 is 0 Å². The third kappa shape index (κ3) is 4.37. The van der Waals surface area contributed by atoms with Crippen LogP contribution in [0.25, 0.3) is 71.3 Å². The van der Waals surface area contributed by atoms with E-state index in [4.69, 9.17) is 4.42 Å². The maximum Gasteiger partial charge on any atom is 0.143 e. The van der Waals surface area contributed by atoms with Gasteiger partial charge in [0.1, 0.15) is 11.2 Å². The molecule has 0 spiro atoms. The average molecular weight is 627 g/mol. The summed E-state index contributed by atoms with van der Waals surface area (Å²) in [5.41, 5.74) is 10.8. The van der Waals surface area contributed by atoms with Crippen molar-refractivity contribution in [3.05, 3.63) is 182 Å². The highest BCUT2D eigenvalue weighted by Gasteiger charge is 2.19. The summed E-state index contributed by atoms with van der Waals surface area (Å²) in [5, 5.41) is 7.23. The number of furan rings is 1. The van der Waals surface area contributed by atoms with E-state index < -0.39 is 0 Å². The Balaban J connectivity index is 1.12. The number of hydrogen-bond donors (Lipinski definition) is 0. The molecule has 0 fully saturated rings. The van der Waals surface area contributed by atoms with Crippen LogP contribution >= 0.6 is 0 Å². The van der Waals surface area contributed by atoms with Crippen molar-refractivity contribution >= 4 is 71.6 Å². The van der Waals surface area contributed by atoms with Crippen molar-refractivity contribution in [3.8, 4) is 16.8 Å². The number of hydrogen-bond acceptors (Lipinski definition) is 2. The predicted octanol–water partition coefficient (Wildman–Crippen LogP) is 13.0. The Morgan fingerprint density at radius 2 is 1.08 bits per heavy atom. The Morgan fingerprint density at radius 3 is 1.92 bits per heavy atom. The first-order valence-corrected chi connectivity index (χ1v) is 16.7.